The predicted octanol–water partition coefficient (Wildman–Crippen LogP) is 2.25. The first kappa shape index (κ1) is 10.6. The third kappa shape index (κ3) is 1.45. The summed E-state index contributed by atoms with van der Waals surface area (Å²) < 4.78 is 4.98. The second-order valence-electron chi connectivity index (χ2n) is 4.98. The number of methoxy groups -OCH3 is 1. The lowest BCUT2D eigenvalue weighted by molar-refractivity contribution is -0.151. The average Bonchev–Trinajstić information content (AvgIpc) is 2.74. The zero-order chi connectivity index (χ0) is 11.9. The number of benzene rings is 1. The van der Waals surface area contributed by atoms with E-state index in [4.69, 9.17) is 4.74 Å². The molecule has 1 heterocycles. The second-order valence-corrected chi connectivity index (χ2v) is 4.98. The van der Waals surface area contributed by atoms with Gasteiger partial charge in [0.25, 0.3) is 0 Å². The number of ether oxygens (including phenoxy) is 1. The summed E-state index contributed by atoms with van der Waals surface area (Å²) in [5, 5.41) is 3.34. The van der Waals surface area contributed by atoms with Gasteiger partial charge in [-0.3, -0.25) is 4.79 Å². The predicted molar refractivity (Wildman–Crippen MR) is 66.2 cm³/mol. The van der Waals surface area contributed by atoms with E-state index in [1.807, 2.05) is 0 Å². The third-order valence-corrected chi connectivity index (χ3v) is 4.15. The summed E-state index contributed by atoms with van der Waals surface area (Å²) in [6, 6.07) is 6.36. The molecule has 1 aromatic carbocycles. The molecule has 3 heteroatoms. The molecule has 2 aliphatic rings. The van der Waals surface area contributed by atoms with Crippen molar-refractivity contribution in [2.24, 2.45) is 0 Å². The maximum Gasteiger partial charge on any atom is 0.316 e. The number of hydrogen-bond acceptors (Lipinski definition) is 3. The Morgan fingerprint density at radius 3 is 2.88 bits per heavy atom. The van der Waals surface area contributed by atoms with Crippen LogP contribution in [0.3, 0.4) is 0 Å². The summed E-state index contributed by atoms with van der Waals surface area (Å²) in [5.41, 5.74) is 3.33. The molecule has 1 aliphatic heterocycles. The number of carbonyl (C=O) groups excluding carboxylic acids is 1. The molecule has 0 aromatic heterocycles. The molecule has 3 nitrogen and oxygen atoms in total. The zero-order valence-corrected chi connectivity index (χ0v) is 10.1. The Bertz CT molecular complexity index is 463. The van der Waals surface area contributed by atoms with Gasteiger partial charge >= 0.3 is 5.97 Å². The quantitative estimate of drug-likeness (QED) is 0.793. The molecule has 0 atom stereocenters. The fraction of sp³-hybridized carbons (Fsp3) is 0.500. The number of hydrogen-bond donors (Lipinski definition) is 1. The number of carbonyl (C=O) groups is 1. The van der Waals surface area contributed by atoms with Crippen LogP contribution < -0.4 is 5.32 Å². The molecule has 1 aliphatic carbocycles. The molecule has 1 aromatic rings. The Kier molecular flexibility index (Phi) is 2.35. The Balaban J connectivity index is 2.00. The molecule has 1 fully saturated rings. The van der Waals surface area contributed by atoms with Gasteiger partial charge in [0, 0.05) is 12.2 Å². The fourth-order valence-corrected chi connectivity index (χ4v) is 2.94. The Morgan fingerprint density at radius 2 is 2.24 bits per heavy atom. The molecular weight excluding hydrogens is 214 g/mol. The van der Waals surface area contributed by atoms with Gasteiger partial charge in [-0.2, -0.15) is 0 Å². The summed E-state index contributed by atoms with van der Waals surface area (Å²) in [7, 11) is 1.48. The van der Waals surface area contributed by atoms with Gasteiger partial charge in [-0.05, 0) is 36.5 Å². The summed E-state index contributed by atoms with van der Waals surface area (Å²) in [6.45, 7) is 1.00. The van der Waals surface area contributed by atoms with Crippen molar-refractivity contribution in [2.75, 3.05) is 19.0 Å². The van der Waals surface area contributed by atoms with E-state index in [1.54, 1.807) is 0 Å². The largest absolute Gasteiger partial charge is 0.468 e. The molecule has 1 N–H and O–H groups in total. The number of esters is 1. The smallest absolute Gasteiger partial charge is 0.316 e. The molecule has 0 spiro atoms. The molecule has 17 heavy (non-hydrogen) atoms. The van der Waals surface area contributed by atoms with Gasteiger partial charge in [-0.15, -0.1) is 0 Å². The molecule has 90 valence electrons. The molecule has 3 rings (SSSR count). The molecule has 0 amide bonds. The first-order valence-corrected chi connectivity index (χ1v) is 6.22. The topological polar surface area (TPSA) is 38.3 Å². The van der Waals surface area contributed by atoms with E-state index in [0.717, 1.165) is 37.8 Å². The number of nitrogens with one attached hydrogen (secondary N) is 1. The van der Waals surface area contributed by atoms with Crippen LogP contribution in [0, 0.1) is 0 Å². The van der Waals surface area contributed by atoms with Crippen LogP contribution in [0.4, 0.5) is 5.69 Å². The molecule has 0 unspecified atom stereocenters. The van der Waals surface area contributed by atoms with Crippen molar-refractivity contribution in [2.45, 2.75) is 31.1 Å². The van der Waals surface area contributed by atoms with Crippen molar-refractivity contribution in [1.29, 1.82) is 0 Å². The summed E-state index contributed by atoms with van der Waals surface area (Å²) >= 11 is 0. The lowest BCUT2D eigenvalue weighted by Crippen LogP contribution is -2.43. The Labute approximate surface area is 101 Å². The monoisotopic (exact) mass is 231 g/mol. The van der Waals surface area contributed by atoms with Crippen LogP contribution in [0.2, 0.25) is 0 Å². The molecule has 0 bridgehead atoms. The second kappa shape index (κ2) is 3.76. The van der Waals surface area contributed by atoms with Crippen LogP contribution >= 0.6 is 0 Å². The van der Waals surface area contributed by atoms with Gasteiger partial charge in [0.2, 0.25) is 0 Å². The highest BCUT2D eigenvalue weighted by Gasteiger charge is 2.46. The zero-order valence-electron chi connectivity index (χ0n) is 10.1. The summed E-state index contributed by atoms with van der Waals surface area (Å²) in [5.74, 6) is -0.0744. The minimum absolute atomic E-state index is 0.0744. The number of anilines is 1. The number of rotatable bonds is 2. The molecule has 0 radical (unpaired) electrons. The standard InChI is InChI=1S/C14H17NO2/c1-17-13(16)14(6-2-7-14)11-3-4-12-10(9-11)5-8-15-12/h3-4,9,15H,2,5-8H2,1H3. The highest BCUT2D eigenvalue weighted by atomic mass is 16.5. The normalized spacial score (nSPS) is 20.1. The van der Waals surface area contributed by atoms with Crippen LogP contribution in [0.25, 0.3) is 0 Å². The van der Waals surface area contributed by atoms with E-state index in [0.29, 0.717) is 0 Å². The molecule has 1 saturated carbocycles. The fourth-order valence-electron chi connectivity index (χ4n) is 2.94. The van der Waals surface area contributed by atoms with E-state index in [-0.39, 0.29) is 11.4 Å². The lowest BCUT2D eigenvalue weighted by atomic mass is 9.64. The van der Waals surface area contributed by atoms with E-state index in [1.165, 1.54) is 18.4 Å². The minimum atomic E-state index is -0.355. The Hall–Kier alpha value is -1.51. The van der Waals surface area contributed by atoms with Crippen molar-refractivity contribution < 1.29 is 9.53 Å². The van der Waals surface area contributed by atoms with Gasteiger partial charge in [0.05, 0.1) is 12.5 Å². The lowest BCUT2D eigenvalue weighted by Gasteiger charge is -2.39. The maximum atomic E-state index is 12.0. The van der Waals surface area contributed by atoms with Gasteiger partial charge < -0.3 is 10.1 Å². The number of fused-ring (bicyclic) bond motifs is 1. The third-order valence-electron chi connectivity index (χ3n) is 4.15. The highest BCUT2D eigenvalue weighted by molar-refractivity contribution is 5.84. The van der Waals surface area contributed by atoms with E-state index in [9.17, 15) is 4.79 Å². The Morgan fingerprint density at radius 1 is 1.41 bits per heavy atom. The summed E-state index contributed by atoms with van der Waals surface area (Å²) in [4.78, 5) is 12.0. The molecular formula is C14H17NO2. The summed E-state index contributed by atoms with van der Waals surface area (Å²) in [6.07, 6.45) is 4.02. The van der Waals surface area contributed by atoms with Crippen molar-refractivity contribution >= 4 is 11.7 Å². The van der Waals surface area contributed by atoms with Crippen LogP contribution in [0.1, 0.15) is 30.4 Å². The minimum Gasteiger partial charge on any atom is -0.468 e. The molecule has 0 saturated heterocycles. The SMILES string of the molecule is COC(=O)C1(c2ccc3c(c2)CCN3)CCC1. The van der Waals surface area contributed by atoms with E-state index >= 15 is 0 Å². The van der Waals surface area contributed by atoms with Crippen LogP contribution in [0.15, 0.2) is 18.2 Å². The first-order valence-electron chi connectivity index (χ1n) is 6.22. The van der Waals surface area contributed by atoms with Gasteiger partial charge in [0.15, 0.2) is 0 Å². The van der Waals surface area contributed by atoms with Crippen molar-refractivity contribution in [3.8, 4) is 0 Å². The van der Waals surface area contributed by atoms with Gasteiger partial charge in [0.1, 0.15) is 0 Å². The van der Waals surface area contributed by atoms with Crippen LogP contribution in [-0.2, 0) is 21.4 Å². The van der Waals surface area contributed by atoms with Gasteiger partial charge in [-0.1, -0.05) is 18.6 Å². The van der Waals surface area contributed by atoms with Crippen molar-refractivity contribution in [1.82, 2.24) is 0 Å². The van der Waals surface area contributed by atoms with E-state index < -0.39 is 0 Å². The van der Waals surface area contributed by atoms with Crippen molar-refractivity contribution in [3.63, 3.8) is 0 Å². The van der Waals surface area contributed by atoms with Crippen molar-refractivity contribution in [3.05, 3.63) is 29.3 Å². The average molecular weight is 231 g/mol. The van der Waals surface area contributed by atoms with Gasteiger partial charge in [-0.25, -0.2) is 0 Å². The first-order chi connectivity index (χ1) is 8.26. The van der Waals surface area contributed by atoms with Crippen LogP contribution in [0.5, 0.6) is 0 Å². The maximum absolute atomic E-state index is 12.0. The highest BCUT2D eigenvalue weighted by Crippen LogP contribution is 2.45. The van der Waals surface area contributed by atoms with E-state index in [2.05, 4.69) is 23.5 Å². The van der Waals surface area contributed by atoms with Crippen LogP contribution in [-0.4, -0.2) is 19.6 Å².